The maximum Gasteiger partial charge on any atom is 0.303 e. The van der Waals surface area contributed by atoms with Crippen molar-refractivity contribution in [3.63, 3.8) is 0 Å². The van der Waals surface area contributed by atoms with E-state index < -0.39 is 5.97 Å². The lowest BCUT2D eigenvalue weighted by Crippen LogP contribution is -2.26. The molecule has 1 atom stereocenters. The maximum atomic E-state index is 12.0. The van der Waals surface area contributed by atoms with Gasteiger partial charge in [-0.25, -0.2) is 0 Å². The van der Waals surface area contributed by atoms with Crippen LogP contribution in [0, 0.1) is 12.8 Å². The van der Waals surface area contributed by atoms with E-state index in [1.165, 1.54) is 0 Å². The van der Waals surface area contributed by atoms with E-state index in [2.05, 4.69) is 21.2 Å². The molecule has 0 aliphatic carbocycles. The number of halogens is 1. The Kier molecular flexibility index (Phi) is 6.71. The fourth-order valence-corrected chi connectivity index (χ4v) is 2.24. The molecule has 0 aliphatic heterocycles. The van der Waals surface area contributed by atoms with Crippen LogP contribution in [0.1, 0.15) is 42.1 Å². The molecule has 0 fully saturated rings. The van der Waals surface area contributed by atoms with Crippen molar-refractivity contribution in [3.8, 4) is 0 Å². The van der Waals surface area contributed by atoms with Crippen LogP contribution in [0.4, 0.5) is 0 Å². The van der Waals surface area contributed by atoms with Gasteiger partial charge in [0, 0.05) is 23.0 Å². The van der Waals surface area contributed by atoms with Crippen molar-refractivity contribution in [2.24, 2.45) is 5.92 Å². The average molecular weight is 342 g/mol. The van der Waals surface area contributed by atoms with Crippen LogP contribution in [0.2, 0.25) is 0 Å². The summed E-state index contributed by atoms with van der Waals surface area (Å²) in [7, 11) is 0. The number of carbonyl (C=O) groups excluding carboxylic acids is 1. The molecule has 1 amide bonds. The van der Waals surface area contributed by atoms with Crippen molar-refractivity contribution >= 4 is 27.8 Å². The van der Waals surface area contributed by atoms with Crippen molar-refractivity contribution in [2.75, 3.05) is 6.54 Å². The molecule has 0 saturated carbocycles. The minimum absolute atomic E-state index is 0.0887. The van der Waals surface area contributed by atoms with E-state index in [0.29, 0.717) is 18.5 Å². The SMILES string of the molecule is Cc1ccc(Br)cc1C(=O)NCCC(C)CCC(=O)O. The van der Waals surface area contributed by atoms with E-state index in [1.807, 2.05) is 26.0 Å². The molecule has 5 heteroatoms. The summed E-state index contributed by atoms with van der Waals surface area (Å²) in [5.74, 6) is -0.574. The number of hydrogen-bond donors (Lipinski definition) is 2. The van der Waals surface area contributed by atoms with Crippen molar-refractivity contribution in [1.29, 1.82) is 0 Å². The summed E-state index contributed by atoms with van der Waals surface area (Å²) in [6.45, 7) is 4.46. The van der Waals surface area contributed by atoms with E-state index in [0.717, 1.165) is 16.5 Å². The van der Waals surface area contributed by atoms with Crippen LogP contribution in [0.3, 0.4) is 0 Å². The molecule has 20 heavy (non-hydrogen) atoms. The molecular weight excluding hydrogens is 322 g/mol. The normalized spacial score (nSPS) is 11.9. The molecular formula is C15H20BrNO3. The number of carbonyl (C=O) groups is 2. The van der Waals surface area contributed by atoms with Crippen LogP contribution in [0.5, 0.6) is 0 Å². The number of benzene rings is 1. The third kappa shape index (κ3) is 5.74. The Morgan fingerprint density at radius 1 is 1.35 bits per heavy atom. The second kappa shape index (κ2) is 8.04. The average Bonchev–Trinajstić information content (AvgIpc) is 2.39. The van der Waals surface area contributed by atoms with Gasteiger partial charge in [0.25, 0.3) is 5.91 Å². The predicted molar refractivity (Wildman–Crippen MR) is 81.9 cm³/mol. The van der Waals surface area contributed by atoms with E-state index in [4.69, 9.17) is 5.11 Å². The molecule has 1 aromatic carbocycles. The third-order valence-electron chi connectivity index (χ3n) is 3.22. The molecule has 0 aromatic heterocycles. The highest BCUT2D eigenvalue weighted by Gasteiger charge is 2.10. The van der Waals surface area contributed by atoms with Gasteiger partial charge in [-0.3, -0.25) is 9.59 Å². The fraction of sp³-hybridized carbons (Fsp3) is 0.467. The van der Waals surface area contributed by atoms with Gasteiger partial charge in [-0.1, -0.05) is 28.9 Å². The Morgan fingerprint density at radius 2 is 2.05 bits per heavy atom. The van der Waals surface area contributed by atoms with Crippen molar-refractivity contribution < 1.29 is 14.7 Å². The molecule has 0 saturated heterocycles. The molecule has 0 radical (unpaired) electrons. The number of nitrogens with one attached hydrogen (secondary N) is 1. The van der Waals surface area contributed by atoms with E-state index in [1.54, 1.807) is 6.07 Å². The molecule has 4 nitrogen and oxygen atoms in total. The Balaban J connectivity index is 2.40. The number of carboxylic acid groups (broad SMARTS) is 1. The number of amides is 1. The number of aliphatic carboxylic acids is 1. The van der Waals surface area contributed by atoms with Crippen LogP contribution in [0.25, 0.3) is 0 Å². The molecule has 2 N–H and O–H groups in total. The first-order valence-corrected chi connectivity index (χ1v) is 7.45. The van der Waals surface area contributed by atoms with Crippen LogP contribution >= 0.6 is 15.9 Å². The van der Waals surface area contributed by atoms with Crippen LogP contribution in [0.15, 0.2) is 22.7 Å². The van der Waals surface area contributed by atoms with Gasteiger partial charge in [0.2, 0.25) is 0 Å². The second-order valence-corrected chi connectivity index (χ2v) is 5.96. The Labute approximate surface area is 127 Å². The lowest BCUT2D eigenvalue weighted by molar-refractivity contribution is -0.137. The first-order chi connectivity index (χ1) is 9.40. The number of hydrogen-bond acceptors (Lipinski definition) is 2. The summed E-state index contributed by atoms with van der Waals surface area (Å²) in [6.07, 6.45) is 1.60. The van der Waals surface area contributed by atoms with Gasteiger partial charge in [-0.2, -0.15) is 0 Å². The molecule has 1 unspecified atom stereocenters. The van der Waals surface area contributed by atoms with E-state index >= 15 is 0 Å². The third-order valence-corrected chi connectivity index (χ3v) is 3.71. The second-order valence-electron chi connectivity index (χ2n) is 5.04. The lowest BCUT2D eigenvalue weighted by Gasteiger charge is -2.12. The van der Waals surface area contributed by atoms with Gasteiger partial charge in [0.1, 0.15) is 0 Å². The molecule has 0 spiro atoms. The maximum absolute atomic E-state index is 12.0. The van der Waals surface area contributed by atoms with Crippen LogP contribution < -0.4 is 5.32 Å². The van der Waals surface area contributed by atoms with Gasteiger partial charge >= 0.3 is 5.97 Å². The molecule has 1 aromatic rings. The molecule has 110 valence electrons. The first kappa shape index (κ1) is 16.7. The van der Waals surface area contributed by atoms with Gasteiger partial charge < -0.3 is 10.4 Å². The van der Waals surface area contributed by atoms with Crippen molar-refractivity contribution in [3.05, 3.63) is 33.8 Å². The summed E-state index contributed by atoms with van der Waals surface area (Å²) in [5, 5.41) is 11.5. The number of aryl methyl sites for hydroxylation is 1. The van der Waals surface area contributed by atoms with Gasteiger partial charge in [-0.15, -0.1) is 0 Å². The zero-order valence-corrected chi connectivity index (χ0v) is 13.4. The van der Waals surface area contributed by atoms with Crippen molar-refractivity contribution in [1.82, 2.24) is 5.32 Å². The zero-order valence-electron chi connectivity index (χ0n) is 11.8. The highest BCUT2D eigenvalue weighted by atomic mass is 79.9. The number of rotatable bonds is 7. The zero-order chi connectivity index (χ0) is 15.1. The fourth-order valence-electron chi connectivity index (χ4n) is 1.88. The Bertz CT molecular complexity index is 488. The minimum Gasteiger partial charge on any atom is -0.481 e. The quantitative estimate of drug-likeness (QED) is 0.798. The van der Waals surface area contributed by atoms with Gasteiger partial charge in [-0.05, 0) is 43.4 Å². The summed E-state index contributed by atoms with van der Waals surface area (Å²) < 4.78 is 0.878. The Hall–Kier alpha value is -1.36. The monoisotopic (exact) mass is 341 g/mol. The standard InChI is InChI=1S/C15H20BrNO3/c1-10(3-6-14(18)19)7-8-17-15(20)13-9-12(16)5-4-11(13)2/h4-5,9-10H,3,6-8H2,1-2H3,(H,17,20)(H,18,19). The summed E-state index contributed by atoms with van der Waals surface area (Å²) in [4.78, 5) is 22.5. The molecule has 0 aliphatic rings. The van der Waals surface area contributed by atoms with Crippen molar-refractivity contribution in [2.45, 2.75) is 33.1 Å². The Morgan fingerprint density at radius 3 is 2.70 bits per heavy atom. The highest BCUT2D eigenvalue weighted by molar-refractivity contribution is 9.10. The largest absolute Gasteiger partial charge is 0.481 e. The smallest absolute Gasteiger partial charge is 0.303 e. The highest BCUT2D eigenvalue weighted by Crippen LogP contribution is 2.16. The first-order valence-electron chi connectivity index (χ1n) is 6.66. The molecule has 0 bridgehead atoms. The van der Waals surface area contributed by atoms with Crippen LogP contribution in [-0.4, -0.2) is 23.5 Å². The summed E-state index contributed by atoms with van der Waals surface area (Å²) in [5.41, 5.74) is 1.60. The molecule has 0 heterocycles. The van der Waals surface area contributed by atoms with Gasteiger partial charge in [0.15, 0.2) is 0 Å². The lowest BCUT2D eigenvalue weighted by atomic mass is 10.0. The predicted octanol–water partition coefficient (Wildman–Crippen LogP) is 3.38. The minimum atomic E-state index is -0.773. The van der Waals surface area contributed by atoms with Crippen LogP contribution in [-0.2, 0) is 4.79 Å². The summed E-state index contributed by atoms with van der Waals surface area (Å²) in [6, 6.07) is 5.60. The molecule has 1 rings (SSSR count). The number of carboxylic acids is 1. The summed E-state index contributed by atoms with van der Waals surface area (Å²) >= 11 is 3.35. The van der Waals surface area contributed by atoms with E-state index in [-0.39, 0.29) is 18.2 Å². The van der Waals surface area contributed by atoms with E-state index in [9.17, 15) is 9.59 Å². The van der Waals surface area contributed by atoms with Gasteiger partial charge in [0.05, 0.1) is 0 Å². The topological polar surface area (TPSA) is 66.4 Å².